The van der Waals surface area contributed by atoms with Crippen molar-refractivity contribution in [1.29, 1.82) is 0 Å². The quantitative estimate of drug-likeness (QED) is 0.132. The molecule has 0 fully saturated rings. The molecule has 0 aliphatic rings. The van der Waals surface area contributed by atoms with Crippen LogP contribution in [0.1, 0.15) is 25.7 Å². The highest BCUT2D eigenvalue weighted by molar-refractivity contribution is 5.70. The predicted molar refractivity (Wildman–Crippen MR) is 65.4 cm³/mol. The van der Waals surface area contributed by atoms with Crippen molar-refractivity contribution in [1.82, 2.24) is 0 Å². The second kappa shape index (κ2) is 17.7. The fourth-order valence-corrected chi connectivity index (χ4v) is 1.07. The summed E-state index contributed by atoms with van der Waals surface area (Å²) in [6.07, 6.45) is 3.08. The van der Waals surface area contributed by atoms with E-state index in [4.69, 9.17) is 25.3 Å². The number of carbonyl (C=O) groups is 2. The Bertz CT molecular complexity index is 232. The SMILES string of the molecule is O=C(CO)OCCCCCCOC(=O)COO.OCO. The fraction of sp³-hybridized carbons (Fsp3) is 0.818. The molecular weight excluding hydrogens is 276 g/mol. The Morgan fingerprint density at radius 3 is 1.65 bits per heavy atom. The summed E-state index contributed by atoms with van der Waals surface area (Å²) < 4.78 is 9.35. The largest absolute Gasteiger partial charge is 0.464 e. The van der Waals surface area contributed by atoms with Gasteiger partial charge in [-0.1, -0.05) is 0 Å². The highest BCUT2D eigenvalue weighted by atomic mass is 17.1. The van der Waals surface area contributed by atoms with Crippen LogP contribution in [0, 0.1) is 0 Å². The first-order valence-electron chi connectivity index (χ1n) is 6.02. The van der Waals surface area contributed by atoms with E-state index >= 15 is 0 Å². The predicted octanol–water partition coefficient (Wildman–Crippen LogP) is -0.956. The second-order valence-electron chi connectivity index (χ2n) is 3.43. The normalized spacial score (nSPS) is 9.40. The van der Waals surface area contributed by atoms with Gasteiger partial charge in [0.15, 0.2) is 6.61 Å². The first-order valence-corrected chi connectivity index (χ1v) is 6.02. The van der Waals surface area contributed by atoms with E-state index < -0.39 is 31.9 Å². The molecular formula is C11H22O9. The van der Waals surface area contributed by atoms with Gasteiger partial charge in [-0.05, 0) is 25.7 Å². The van der Waals surface area contributed by atoms with Gasteiger partial charge in [0.2, 0.25) is 0 Å². The average Bonchev–Trinajstić information content (AvgIpc) is 2.42. The van der Waals surface area contributed by atoms with E-state index in [9.17, 15) is 9.59 Å². The van der Waals surface area contributed by atoms with Crippen LogP contribution in [0.4, 0.5) is 0 Å². The van der Waals surface area contributed by atoms with E-state index in [1.165, 1.54) is 0 Å². The van der Waals surface area contributed by atoms with Crippen molar-refractivity contribution in [3.63, 3.8) is 0 Å². The van der Waals surface area contributed by atoms with Gasteiger partial charge < -0.3 is 24.8 Å². The molecule has 0 aromatic carbocycles. The van der Waals surface area contributed by atoms with Crippen molar-refractivity contribution in [3.05, 3.63) is 0 Å². The topological polar surface area (TPSA) is 143 Å². The molecule has 0 spiro atoms. The summed E-state index contributed by atoms with van der Waals surface area (Å²) in [7, 11) is 0. The lowest BCUT2D eigenvalue weighted by atomic mass is 10.2. The lowest BCUT2D eigenvalue weighted by Crippen LogP contribution is -2.12. The molecule has 0 aromatic heterocycles. The zero-order chi connectivity index (χ0) is 15.6. The van der Waals surface area contributed by atoms with Crippen molar-refractivity contribution in [3.8, 4) is 0 Å². The number of esters is 2. The molecule has 20 heavy (non-hydrogen) atoms. The number of aliphatic hydroxyl groups excluding tert-OH is 2. The molecule has 0 radical (unpaired) electrons. The van der Waals surface area contributed by atoms with E-state index in [2.05, 4.69) is 9.62 Å². The van der Waals surface area contributed by atoms with Gasteiger partial charge in [0, 0.05) is 0 Å². The van der Waals surface area contributed by atoms with Crippen LogP contribution < -0.4 is 0 Å². The summed E-state index contributed by atoms with van der Waals surface area (Å²) in [4.78, 5) is 24.8. The van der Waals surface area contributed by atoms with Gasteiger partial charge in [0.05, 0.1) is 13.2 Å². The van der Waals surface area contributed by atoms with Crippen molar-refractivity contribution < 1.29 is 44.5 Å². The highest BCUT2D eigenvalue weighted by Crippen LogP contribution is 2.00. The molecule has 0 rings (SSSR count). The third-order valence-corrected chi connectivity index (χ3v) is 1.88. The summed E-state index contributed by atoms with van der Waals surface area (Å²) in [5, 5.41) is 30.5. The third kappa shape index (κ3) is 19.1. The standard InChI is InChI=1S/C10H18O7.CH4O2/c11-7-9(12)15-5-3-1-2-4-6-16-10(13)8-17-14;2-1-3/h11,14H,1-8H2;2-3H,1H2. The van der Waals surface area contributed by atoms with Crippen molar-refractivity contribution in [2.24, 2.45) is 0 Å². The maximum Gasteiger partial charge on any atom is 0.335 e. The van der Waals surface area contributed by atoms with Gasteiger partial charge in [-0.15, -0.1) is 0 Å². The number of ether oxygens (including phenoxy) is 2. The first-order chi connectivity index (χ1) is 9.62. The number of hydrogen-bond acceptors (Lipinski definition) is 9. The maximum absolute atomic E-state index is 10.7. The zero-order valence-electron chi connectivity index (χ0n) is 11.2. The summed E-state index contributed by atoms with van der Waals surface area (Å²) in [5.74, 6) is -1.23. The van der Waals surface area contributed by atoms with Crippen LogP contribution in [0.5, 0.6) is 0 Å². The Hall–Kier alpha value is -1.26. The number of hydrogen-bond donors (Lipinski definition) is 4. The Kier molecular flexibility index (Phi) is 18.7. The Morgan fingerprint density at radius 1 is 0.800 bits per heavy atom. The minimum Gasteiger partial charge on any atom is -0.464 e. The van der Waals surface area contributed by atoms with Crippen LogP contribution in [0.25, 0.3) is 0 Å². The minimum atomic E-state index is -0.750. The summed E-state index contributed by atoms with van der Waals surface area (Å²) in [6.45, 7) is -1.24. The van der Waals surface area contributed by atoms with Gasteiger partial charge in [-0.25, -0.2) is 14.5 Å². The maximum atomic E-state index is 10.7. The number of rotatable bonds is 10. The van der Waals surface area contributed by atoms with Crippen LogP contribution in [0.15, 0.2) is 0 Å². The first kappa shape index (κ1) is 21.0. The molecule has 0 heterocycles. The van der Waals surface area contributed by atoms with E-state index in [1.807, 2.05) is 0 Å². The molecule has 0 aromatic rings. The number of aliphatic hydroxyl groups is 3. The van der Waals surface area contributed by atoms with Crippen LogP contribution >= 0.6 is 0 Å². The van der Waals surface area contributed by atoms with E-state index in [0.29, 0.717) is 12.8 Å². The lowest BCUT2D eigenvalue weighted by Gasteiger charge is -2.04. The summed E-state index contributed by atoms with van der Waals surface area (Å²) >= 11 is 0. The fourth-order valence-electron chi connectivity index (χ4n) is 1.07. The van der Waals surface area contributed by atoms with Crippen molar-refractivity contribution in [2.75, 3.05) is 33.2 Å². The second-order valence-corrected chi connectivity index (χ2v) is 3.43. The molecule has 9 nitrogen and oxygen atoms in total. The molecule has 120 valence electrons. The summed E-state index contributed by atoms with van der Waals surface area (Å²) in [5.41, 5.74) is 0. The molecule has 0 amide bonds. The van der Waals surface area contributed by atoms with E-state index in [-0.39, 0.29) is 13.2 Å². The van der Waals surface area contributed by atoms with Crippen molar-refractivity contribution >= 4 is 11.9 Å². The van der Waals surface area contributed by atoms with Crippen molar-refractivity contribution in [2.45, 2.75) is 25.7 Å². The molecule has 0 bridgehead atoms. The molecule has 0 saturated heterocycles. The van der Waals surface area contributed by atoms with E-state index in [0.717, 1.165) is 12.8 Å². The van der Waals surface area contributed by atoms with Gasteiger partial charge in [-0.3, -0.25) is 5.26 Å². The van der Waals surface area contributed by atoms with Crippen LogP contribution in [-0.4, -0.2) is 65.7 Å². The molecule has 4 N–H and O–H groups in total. The minimum absolute atomic E-state index is 0.276. The van der Waals surface area contributed by atoms with E-state index in [1.54, 1.807) is 0 Å². The summed E-state index contributed by atoms with van der Waals surface area (Å²) in [6, 6.07) is 0. The molecule has 0 atom stereocenters. The molecule has 0 aliphatic heterocycles. The average molecular weight is 298 g/mol. The van der Waals surface area contributed by atoms with Gasteiger partial charge >= 0.3 is 11.9 Å². The number of carbonyl (C=O) groups excluding carboxylic acids is 2. The molecule has 9 heteroatoms. The monoisotopic (exact) mass is 298 g/mol. The molecule has 0 saturated carbocycles. The highest BCUT2D eigenvalue weighted by Gasteiger charge is 2.02. The Labute approximate surface area is 116 Å². The van der Waals surface area contributed by atoms with Crippen LogP contribution in [0.2, 0.25) is 0 Å². The zero-order valence-corrected chi connectivity index (χ0v) is 11.2. The Morgan fingerprint density at radius 2 is 1.25 bits per heavy atom. The van der Waals surface area contributed by atoms with Crippen LogP contribution in [-0.2, 0) is 24.0 Å². The number of unbranched alkanes of at least 4 members (excludes halogenated alkanes) is 3. The lowest BCUT2D eigenvalue weighted by molar-refractivity contribution is -0.245. The van der Waals surface area contributed by atoms with Gasteiger partial charge in [-0.2, -0.15) is 0 Å². The smallest absolute Gasteiger partial charge is 0.335 e. The van der Waals surface area contributed by atoms with Gasteiger partial charge in [0.1, 0.15) is 13.4 Å². The molecule has 0 unspecified atom stereocenters. The van der Waals surface area contributed by atoms with Crippen LogP contribution in [0.3, 0.4) is 0 Å². The third-order valence-electron chi connectivity index (χ3n) is 1.88. The molecule has 0 aliphatic carbocycles. The Balaban J connectivity index is 0. The van der Waals surface area contributed by atoms with Gasteiger partial charge in [0.25, 0.3) is 0 Å².